The third-order valence-corrected chi connectivity index (χ3v) is 11.5. The topological polar surface area (TPSA) is 132 Å². The van der Waals surface area contributed by atoms with E-state index >= 15 is 4.39 Å². The number of sulfonamides is 1. The van der Waals surface area contributed by atoms with E-state index in [1.54, 1.807) is 56.0 Å². The normalized spacial score (nSPS) is 18.6. The molecule has 0 bridgehead atoms. The number of morpholine rings is 1. The Hall–Kier alpha value is -4.18. The van der Waals surface area contributed by atoms with E-state index in [-0.39, 0.29) is 56.6 Å². The Balaban J connectivity index is 1.43. The molecule has 0 unspecified atom stereocenters. The molecule has 304 valence electrons. The van der Waals surface area contributed by atoms with E-state index in [2.05, 4.69) is 5.32 Å². The molecule has 1 spiro atoms. The smallest absolute Gasteiger partial charge is 0.410 e. The Morgan fingerprint density at radius 2 is 1.64 bits per heavy atom. The number of hydrogen-bond donors (Lipinski definition) is 1. The van der Waals surface area contributed by atoms with Crippen LogP contribution in [0.4, 0.5) is 22.8 Å². The van der Waals surface area contributed by atoms with Crippen molar-refractivity contribution in [3.8, 4) is 0 Å². The molecule has 2 aliphatic heterocycles. The molecule has 0 saturated carbocycles. The fraction of sp³-hybridized carbons (Fsp3) is 0.475. The molecule has 3 aromatic carbocycles. The average molecular weight is 822 g/mol. The minimum absolute atomic E-state index is 0.0549. The molecule has 0 aliphatic carbocycles. The summed E-state index contributed by atoms with van der Waals surface area (Å²) in [5, 5.41) is 2.91. The van der Waals surface area contributed by atoms with Gasteiger partial charge in [0.2, 0.25) is 10.0 Å². The van der Waals surface area contributed by atoms with Crippen LogP contribution >= 0.6 is 11.6 Å². The molecular weight excluding hydrogens is 775 g/mol. The van der Waals surface area contributed by atoms with Crippen LogP contribution in [0.5, 0.6) is 0 Å². The first-order valence-corrected chi connectivity index (χ1v) is 20.4. The number of rotatable bonds is 11. The molecule has 0 aromatic heterocycles. The summed E-state index contributed by atoms with van der Waals surface area (Å²) in [6.07, 6.45) is -0.408. The summed E-state index contributed by atoms with van der Waals surface area (Å²) in [4.78, 5) is 41.9. The van der Waals surface area contributed by atoms with Gasteiger partial charge >= 0.3 is 12.2 Å². The number of nitrogens with one attached hydrogen (secondary N) is 1. The second kappa shape index (κ2) is 17.5. The number of carbonyl (C=O) groups excluding carboxylic acids is 3. The molecule has 2 amide bonds. The van der Waals surface area contributed by atoms with Crippen LogP contribution < -0.4 is 5.32 Å². The van der Waals surface area contributed by atoms with Crippen molar-refractivity contribution in [2.24, 2.45) is 0 Å². The highest BCUT2D eigenvalue weighted by atomic mass is 35.5. The Morgan fingerprint density at radius 1 is 1.00 bits per heavy atom. The van der Waals surface area contributed by atoms with Gasteiger partial charge in [0, 0.05) is 36.5 Å². The molecule has 2 heterocycles. The number of carbonyl (C=O) groups is 3. The highest BCUT2D eigenvalue weighted by Crippen LogP contribution is 2.36. The summed E-state index contributed by atoms with van der Waals surface area (Å²) in [5.74, 6) is -4.10. The SMILES string of the molecule is COC(=O)N[C@H](C(=O)Cc1cccc(F)c1CC[C@@H]1CN(C(=O)OC(C)(C)C)CC2(CCN(S(C)(=O)=O)CC2)O1)[C@@H](c1ccc(Cl)cc1)c1cc(F)cc(F)c1. The number of halogens is 4. The highest BCUT2D eigenvalue weighted by Gasteiger charge is 2.46. The molecule has 2 fully saturated rings. The number of ketones is 1. The third-order valence-electron chi connectivity index (χ3n) is 9.98. The molecule has 5 rings (SSSR count). The first-order valence-electron chi connectivity index (χ1n) is 18.2. The van der Waals surface area contributed by atoms with E-state index in [0.29, 0.717) is 35.1 Å². The number of Topliss-reactive ketones (excluding diaryl/α,β-unsaturated/α-hetero) is 1. The number of benzene rings is 3. The van der Waals surface area contributed by atoms with Gasteiger partial charge in [0.15, 0.2) is 5.78 Å². The Bertz CT molecular complexity index is 2000. The first-order chi connectivity index (χ1) is 26.3. The molecule has 2 aliphatic rings. The van der Waals surface area contributed by atoms with Gasteiger partial charge in [-0.15, -0.1) is 0 Å². The van der Waals surface area contributed by atoms with Gasteiger partial charge < -0.3 is 24.4 Å². The van der Waals surface area contributed by atoms with Crippen molar-refractivity contribution in [1.29, 1.82) is 0 Å². The maximum absolute atomic E-state index is 15.7. The van der Waals surface area contributed by atoms with Crippen LogP contribution in [-0.2, 0) is 41.9 Å². The fourth-order valence-electron chi connectivity index (χ4n) is 7.39. The summed E-state index contributed by atoms with van der Waals surface area (Å²) < 4.78 is 88.0. The molecule has 1 N–H and O–H groups in total. The number of hydrogen-bond acceptors (Lipinski definition) is 8. The maximum Gasteiger partial charge on any atom is 0.410 e. The average Bonchev–Trinajstić information content (AvgIpc) is 3.10. The number of amides is 2. The Kier molecular flexibility index (Phi) is 13.4. The minimum atomic E-state index is -3.44. The zero-order chi connectivity index (χ0) is 41.0. The van der Waals surface area contributed by atoms with Crippen molar-refractivity contribution in [2.75, 3.05) is 39.5 Å². The van der Waals surface area contributed by atoms with E-state index in [4.69, 9.17) is 25.8 Å². The lowest BCUT2D eigenvalue weighted by Gasteiger charge is -2.49. The number of piperidine rings is 1. The predicted octanol–water partition coefficient (Wildman–Crippen LogP) is 6.79. The lowest BCUT2D eigenvalue weighted by atomic mass is 9.81. The molecule has 3 atom stereocenters. The largest absolute Gasteiger partial charge is 0.453 e. The van der Waals surface area contributed by atoms with Crippen molar-refractivity contribution >= 4 is 39.6 Å². The van der Waals surface area contributed by atoms with Crippen LogP contribution in [0.3, 0.4) is 0 Å². The van der Waals surface area contributed by atoms with Gasteiger partial charge in [-0.3, -0.25) is 4.79 Å². The number of ether oxygens (including phenoxy) is 3. The molecule has 11 nitrogen and oxygen atoms in total. The number of alkyl carbamates (subject to hydrolysis) is 1. The molecule has 0 radical (unpaired) electrons. The van der Waals surface area contributed by atoms with Gasteiger partial charge in [0.25, 0.3) is 0 Å². The van der Waals surface area contributed by atoms with Crippen molar-refractivity contribution < 1.29 is 50.2 Å². The zero-order valence-corrected chi connectivity index (χ0v) is 33.5. The van der Waals surface area contributed by atoms with Crippen LogP contribution in [0.25, 0.3) is 0 Å². The lowest BCUT2D eigenvalue weighted by molar-refractivity contribution is -0.169. The van der Waals surface area contributed by atoms with Gasteiger partial charge in [-0.1, -0.05) is 35.9 Å². The van der Waals surface area contributed by atoms with Crippen LogP contribution in [-0.4, -0.2) is 98.5 Å². The molecule has 56 heavy (non-hydrogen) atoms. The van der Waals surface area contributed by atoms with Gasteiger partial charge in [-0.2, -0.15) is 0 Å². The van der Waals surface area contributed by atoms with E-state index < -0.39 is 74.7 Å². The van der Waals surface area contributed by atoms with Gasteiger partial charge in [-0.25, -0.2) is 35.5 Å². The van der Waals surface area contributed by atoms with Gasteiger partial charge in [0.05, 0.1) is 38.2 Å². The van der Waals surface area contributed by atoms with E-state index in [1.807, 2.05) is 0 Å². The van der Waals surface area contributed by atoms with Crippen LogP contribution in [0.15, 0.2) is 60.7 Å². The van der Waals surface area contributed by atoms with Crippen LogP contribution in [0, 0.1) is 17.5 Å². The second-order valence-electron chi connectivity index (χ2n) is 15.4. The van der Waals surface area contributed by atoms with E-state index in [1.165, 1.54) is 16.4 Å². The van der Waals surface area contributed by atoms with Gasteiger partial charge in [0.1, 0.15) is 29.1 Å². The molecular formula is C40H47ClF3N3O8S. The number of nitrogens with zero attached hydrogens (tertiary/aromatic N) is 2. The summed E-state index contributed by atoms with van der Waals surface area (Å²) in [5.41, 5.74) is -0.662. The van der Waals surface area contributed by atoms with E-state index in [9.17, 15) is 31.6 Å². The standard InChI is InChI=1S/C40H47ClF3N3O8S/c1-39(2,3)55-38(50)46-23-31(54-40(24-46)15-17-47(18-16-40)56(5,51)52)13-14-32-26(7-6-8-33(32)44)21-34(48)36(45-37(49)53-4)35(25-9-11-28(41)12-10-25)27-19-29(42)22-30(43)20-27/h6-12,19-20,22,31,35-36H,13-18,21,23-24H2,1-5H3,(H,45,49)/t31-,35+,36-/m1/s1. The first kappa shape index (κ1) is 43.0. The molecule has 16 heteroatoms. The predicted molar refractivity (Wildman–Crippen MR) is 203 cm³/mol. The summed E-state index contributed by atoms with van der Waals surface area (Å²) in [6.45, 7) is 5.98. The Morgan fingerprint density at radius 3 is 2.23 bits per heavy atom. The lowest BCUT2D eigenvalue weighted by Crippen LogP contribution is -2.61. The third kappa shape index (κ3) is 11.0. The minimum Gasteiger partial charge on any atom is -0.453 e. The summed E-state index contributed by atoms with van der Waals surface area (Å²) in [7, 11) is -2.33. The van der Waals surface area contributed by atoms with Crippen molar-refractivity contribution in [3.63, 3.8) is 0 Å². The number of methoxy groups -OCH3 is 1. The summed E-state index contributed by atoms with van der Waals surface area (Å²) >= 11 is 6.13. The van der Waals surface area contributed by atoms with Crippen molar-refractivity contribution in [1.82, 2.24) is 14.5 Å². The molecule has 3 aromatic rings. The van der Waals surface area contributed by atoms with Crippen molar-refractivity contribution in [3.05, 3.63) is 105 Å². The monoisotopic (exact) mass is 821 g/mol. The van der Waals surface area contributed by atoms with Crippen molar-refractivity contribution in [2.45, 2.75) is 82.1 Å². The van der Waals surface area contributed by atoms with Crippen LogP contribution in [0.1, 0.15) is 68.2 Å². The second-order valence-corrected chi connectivity index (χ2v) is 17.8. The highest BCUT2D eigenvalue weighted by molar-refractivity contribution is 7.88. The molecule has 2 saturated heterocycles. The maximum atomic E-state index is 15.7. The quantitative estimate of drug-likeness (QED) is 0.224. The fourth-order valence-corrected chi connectivity index (χ4v) is 8.36. The van der Waals surface area contributed by atoms with Gasteiger partial charge in [-0.05, 0) is 99.0 Å². The summed E-state index contributed by atoms with van der Waals surface area (Å²) in [6, 6.07) is 11.9. The zero-order valence-electron chi connectivity index (χ0n) is 32.0. The van der Waals surface area contributed by atoms with E-state index in [0.717, 1.165) is 25.5 Å². The Labute approximate surface area is 330 Å². The van der Waals surface area contributed by atoms with Crippen LogP contribution in [0.2, 0.25) is 5.02 Å².